The second kappa shape index (κ2) is 5.73. The molecule has 1 N–H and O–H groups in total. The van der Waals surface area contributed by atoms with E-state index in [4.69, 9.17) is 4.55 Å². The van der Waals surface area contributed by atoms with Gasteiger partial charge in [0.2, 0.25) is 0 Å². The van der Waals surface area contributed by atoms with Crippen molar-refractivity contribution in [1.82, 2.24) is 0 Å². The number of carbonyl (C=O) groups is 1. The third-order valence-corrected chi connectivity index (χ3v) is 4.19. The number of hydrogen-bond donors (Lipinski definition) is 1. The van der Waals surface area contributed by atoms with Crippen molar-refractivity contribution in [3.05, 3.63) is 24.8 Å². The molecule has 0 saturated heterocycles. The van der Waals surface area contributed by atoms with Gasteiger partial charge in [-0.05, 0) is 69.8 Å². The Balaban J connectivity index is 3.15. The van der Waals surface area contributed by atoms with Gasteiger partial charge in [0.15, 0.2) is 0 Å². The van der Waals surface area contributed by atoms with E-state index in [0.29, 0.717) is 9.13 Å². The minimum Gasteiger partial charge on any atom is -0.420 e. The van der Waals surface area contributed by atoms with Crippen molar-refractivity contribution in [1.29, 1.82) is 0 Å². The van der Waals surface area contributed by atoms with Gasteiger partial charge in [0.05, 0.1) is 3.57 Å². The molecule has 0 fully saturated rings. The lowest BCUT2D eigenvalue weighted by atomic mass is 10.2. The monoisotopic (exact) mass is 518 g/mol. The molecule has 0 saturated carbocycles. The van der Waals surface area contributed by atoms with E-state index < -0.39 is 21.3 Å². The minimum absolute atomic E-state index is 0.172. The molecule has 0 amide bonds. The molecule has 0 aliphatic heterocycles. The summed E-state index contributed by atoms with van der Waals surface area (Å²) in [6, 6.07) is 3.12. The van der Waals surface area contributed by atoms with Crippen molar-refractivity contribution in [2.45, 2.75) is 12.2 Å². The Morgan fingerprint density at radius 1 is 1.37 bits per heavy atom. The number of esters is 1. The third kappa shape index (κ3) is 3.72. The van der Waals surface area contributed by atoms with Gasteiger partial charge in [0.25, 0.3) is 0 Å². The van der Waals surface area contributed by atoms with Crippen molar-refractivity contribution < 1.29 is 31.3 Å². The van der Waals surface area contributed by atoms with Crippen LogP contribution in [0.4, 0.5) is 8.78 Å². The summed E-state index contributed by atoms with van der Waals surface area (Å²) in [7, 11) is -5.87. The first-order valence-electron chi connectivity index (χ1n) is 4.49. The van der Waals surface area contributed by atoms with Crippen molar-refractivity contribution in [2.24, 2.45) is 0 Å². The van der Waals surface area contributed by atoms with Gasteiger partial charge in [-0.1, -0.05) is 0 Å². The van der Waals surface area contributed by atoms with Crippen LogP contribution in [0.2, 0.25) is 0 Å². The van der Waals surface area contributed by atoms with E-state index in [2.05, 4.69) is 4.74 Å². The van der Waals surface area contributed by atoms with Crippen molar-refractivity contribution in [3.63, 3.8) is 0 Å². The predicted octanol–water partition coefficient (Wildman–Crippen LogP) is 2.59. The maximum absolute atomic E-state index is 13.0. The quantitative estimate of drug-likeness (QED) is 0.288. The number of ether oxygens (including phenoxy) is 1. The van der Waals surface area contributed by atoms with Gasteiger partial charge in [0, 0.05) is 3.57 Å². The fourth-order valence-corrected chi connectivity index (χ4v) is 3.57. The molecular weight excluding hydrogens is 512 g/mol. The molecule has 106 valence electrons. The Labute approximate surface area is 134 Å². The van der Waals surface area contributed by atoms with Crippen LogP contribution in [0.15, 0.2) is 12.1 Å². The zero-order valence-corrected chi connectivity index (χ0v) is 14.3. The fraction of sp³-hybridized carbons (Fsp3) is 0.222. The van der Waals surface area contributed by atoms with Gasteiger partial charge in [0.1, 0.15) is 5.75 Å². The molecule has 19 heavy (non-hydrogen) atoms. The van der Waals surface area contributed by atoms with E-state index in [0.717, 1.165) is 3.57 Å². The molecule has 0 aromatic heterocycles. The Hall–Kier alpha value is -0.0800. The van der Waals surface area contributed by atoms with E-state index in [1.54, 1.807) is 34.7 Å². The highest BCUT2D eigenvalue weighted by molar-refractivity contribution is 14.1. The van der Waals surface area contributed by atoms with Crippen LogP contribution in [0.5, 0.6) is 5.75 Å². The molecule has 0 aliphatic carbocycles. The minimum atomic E-state index is -5.87. The van der Waals surface area contributed by atoms with E-state index in [1.165, 1.54) is 6.92 Å². The number of benzene rings is 1. The van der Waals surface area contributed by atoms with Crippen molar-refractivity contribution in [3.8, 4) is 5.75 Å². The summed E-state index contributed by atoms with van der Waals surface area (Å²) >= 11 is 3.74. The van der Waals surface area contributed by atoms with Crippen LogP contribution in [-0.2, 0) is 14.9 Å². The molecule has 1 aromatic rings. The van der Waals surface area contributed by atoms with Gasteiger partial charge in [-0.3, -0.25) is 4.55 Å². The number of carbonyl (C=O) groups excluding carboxylic acids is 1. The summed E-state index contributed by atoms with van der Waals surface area (Å²) in [6.07, 6.45) is 0. The first-order chi connectivity index (χ1) is 8.46. The lowest BCUT2D eigenvalue weighted by Gasteiger charge is -2.14. The summed E-state index contributed by atoms with van der Waals surface area (Å²) in [6.45, 7) is 1.51. The summed E-state index contributed by atoms with van der Waals surface area (Å²) in [5, 5.41) is -5.01. The van der Waals surface area contributed by atoms with Crippen LogP contribution in [0.1, 0.15) is 5.56 Å². The molecule has 0 radical (unpaired) electrons. The summed E-state index contributed by atoms with van der Waals surface area (Å²) < 4.78 is 60.7. The molecule has 0 unspecified atom stereocenters. The van der Waals surface area contributed by atoms with Crippen molar-refractivity contribution >= 4 is 61.3 Å². The Morgan fingerprint density at radius 3 is 2.32 bits per heavy atom. The largest absolute Gasteiger partial charge is 0.466 e. The second-order valence-electron chi connectivity index (χ2n) is 3.41. The second-order valence-corrected chi connectivity index (χ2v) is 7.29. The molecule has 0 heterocycles. The van der Waals surface area contributed by atoms with Gasteiger partial charge in [-0.2, -0.15) is 17.2 Å². The predicted molar refractivity (Wildman–Crippen MR) is 78.7 cm³/mol. The van der Waals surface area contributed by atoms with Crippen LogP contribution in [0.3, 0.4) is 0 Å². The average molecular weight is 518 g/mol. The first kappa shape index (κ1) is 17.0. The van der Waals surface area contributed by atoms with E-state index in [9.17, 15) is 22.0 Å². The van der Waals surface area contributed by atoms with Crippen molar-refractivity contribution in [2.75, 3.05) is 0 Å². The first-order valence-corrected chi connectivity index (χ1v) is 8.09. The van der Waals surface area contributed by atoms with Gasteiger partial charge >= 0.3 is 21.3 Å². The molecule has 1 rings (SSSR count). The zero-order valence-electron chi connectivity index (χ0n) is 9.16. The van der Waals surface area contributed by atoms with Crippen LogP contribution in [0, 0.1) is 14.1 Å². The van der Waals surface area contributed by atoms with Gasteiger partial charge in [-0.15, -0.1) is 0 Å². The Morgan fingerprint density at radius 2 is 1.89 bits per heavy atom. The molecule has 0 spiro atoms. The lowest BCUT2D eigenvalue weighted by Crippen LogP contribution is -2.40. The van der Waals surface area contributed by atoms with E-state index in [-0.39, 0.29) is 5.75 Å². The molecule has 10 heteroatoms. The highest BCUT2D eigenvalue weighted by Crippen LogP contribution is 2.30. The SMILES string of the molecule is Cc1cc(I)cc(I)c1OC(=O)C(F)(F)S(=O)(=O)O. The van der Waals surface area contributed by atoms with Crippen LogP contribution in [-0.4, -0.2) is 24.2 Å². The molecular formula is C9H6F2I2O5S. The third-order valence-electron chi connectivity index (χ3n) is 1.95. The average Bonchev–Trinajstić information content (AvgIpc) is 2.21. The molecule has 1 aromatic carbocycles. The number of alkyl halides is 2. The maximum Gasteiger partial charge on any atom is 0.466 e. The van der Waals surface area contributed by atoms with Crippen LogP contribution >= 0.6 is 45.2 Å². The summed E-state index contributed by atoms with van der Waals surface area (Å²) in [5.41, 5.74) is 0.385. The molecule has 0 aliphatic rings. The number of hydrogen-bond acceptors (Lipinski definition) is 4. The number of aryl methyl sites for hydroxylation is 1. The number of rotatable bonds is 3. The van der Waals surface area contributed by atoms with Crippen LogP contribution in [0.25, 0.3) is 0 Å². The lowest BCUT2D eigenvalue weighted by molar-refractivity contribution is -0.151. The smallest absolute Gasteiger partial charge is 0.420 e. The molecule has 0 bridgehead atoms. The Kier molecular flexibility index (Phi) is 5.12. The highest BCUT2D eigenvalue weighted by Gasteiger charge is 2.54. The van der Waals surface area contributed by atoms with E-state index >= 15 is 0 Å². The maximum atomic E-state index is 13.0. The van der Waals surface area contributed by atoms with Crippen LogP contribution < -0.4 is 4.74 Å². The summed E-state index contributed by atoms with van der Waals surface area (Å²) in [5.74, 6) is -2.52. The standard InChI is InChI=1S/C9H6F2I2O5S/c1-4-2-5(12)3-6(13)7(4)18-8(14)9(10,11)19(15,16)17/h2-3H,1H3,(H,15,16,17). The zero-order chi connectivity index (χ0) is 15.0. The normalized spacial score (nSPS) is 12.3. The highest BCUT2D eigenvalue weighted by atomic mass is 127. The van der Waals surface area contributed by atoms with E-state index in [1.807, 2.05) is 22.6 Å². The Bertz CT molecular complexity index is 606. The topological polar surface area (TPSA) is 80.7 Å². The number of halogens is 4. The van der Waals surface area contributed by atoms with Gasteiger partial charge < -0.3 is 4.74 Å². The summed E-state index contributed by atoms with van der Waals surface area (Å²) in [4.78, 5) is 11.2. The van der Waals surface area contributed by atoms with Gasteiger partial charge in [-0.25, -0.2) is 4.79 Å². The molecule has 0 atom stereocenters. The molecule has 5 nitrogen and oxygen atoms in total. The fourth-order valence-electron chi connectivity index (χ4n) is 1.08.